The molecule has 0 aromatic carbocycles. The Morgan fingerprint density at radius 3 is 2.92 bits per heavy atom. The molecule has 0 amide bonds. The second-order valence-corrected chi connectivity index (χ2v) is 6.48. The zero-order valence-electron chi connectivity index (χ0n) is 14.2. The summed E-state index contributed by atoms with van der Waals surface area (Å²) in [5, 5.41) is 8.94. The highest BCUT2D eigenvalue weighted by molar-refractivity contribution is 5.67. The van der Waals surface area contributed by atoms with Gasteiger partial charge in [-0.15, -0.1) is 0 Å². The highest BCUT2D eigenvalue weighted by Crippen LogP contribution is 2.16. The number of rotatable bonds is 7. The van der Waals surface area contributed by atoms with Gasteiger partial charge in [-0.05, 0) is 51.5 Å². The van der Waals surface area contributed by atoms with Crippen molar-refractivity contribution in [2.75, 3.05) is 39.8 Å². The smallest absolute Gasteiger partial charge is 0.406 e. The lowest BCUT2D eigenvalue weighted by molar-refractivity contribution is 0.119. The number of pyridine rings is 1. The highest BCUT2D eigenvalue weighted by atomic mass is 16.4. The minimum absolute atomic E-state index is 0.255. The number of likely N-dealkylation sites (tertiary alicyclic amines) is 1. The van der Waals surface area contributed by atoms with Crippen LogP contribution in [0.3, 0.4) is 0 Å². The number of oxazole rings is 1. The average Bonchev–Trinajstić information content (AvgIpc) is 2.93. The van der Waals surface area contributed by atoms with Crippen molar-refractivity contribution in [3.8, 4) is 0 Å². The van der Waals surface area contributed by atoms with Gasteiger partial charge in [0.15, 0.2) is 11.2 Å². The van der Waals surface area contributed by atoms with Gasteiger partial charge in [-0.2, -0.15) is 0 Å². The van der Waals surface area contributed by atoms with Crippen molar-refractivity contribution in [1.82, 2.24) is 19.4 Å². The Morgan fingerprint density at radius 2 is 2.17 bits per heavy atom. The van der Waals surface area contributed by atoms with Crippen molar-refractivity contribution in [2.24, 2.45) is 0 Å². The van der Waals surface area contributed by atoms with Gasteiger partial charge in [0.1, 0.15) is 0 Å². The molecule has 1 N–H and O–H groups in total. The Balaban J connectivity index is 1.51. The predicted octanol–water partition coefficient (Wildman–Crippen LogP) is 0.768. The largest absolute Gasteiger partial charge is 0.421 e. The molecule has 3 heterocycles. The first kappa shape index (κ1) is 17.1. The molecule has 1 aliphatic rings. The molecular formula is C17H26N4O3. The van der Waals surface area contributed by atoms with E-state index in [1.807, 2.05) is 0 Å². The maximum absolute atomic E-state index is 12.0. The number of piperidine rings is 1. The number of hydrogen-bond donors (Lipinski definition) is 1. The van der Waals surface area contributed by atoms with E-state index >= 15 is 0 Å². The van der Waals surface area contributed by atoms with E-state index in [2.05, 4.69) is 21.8 Å². The van der Waals surface area contributed by atoms with Gasteiger partial charge < -0.3 is 19.3 Å². The Bertz CT molecular complexity index is 703. The van der Waals surface area contributed by atoms with Gasteiger partial charge in [-0.25, -0.2) is 9.78 Å². The number of aromatic nitrogens is 2. The molecule has 0 aliphatic carbocycles. The van der Waals surface area contributed by atoms with Gasteiger partial charge in [0.05, 0.1) is 0 Å². The Hall–Kier alpha value is -1.70. The monoisotopic (exact) mass is 334 g/mol. The van der Waals surface area contributed by atoms with Gasteiger partial charge >= 0.3 is 5.76 Å². The first-order chi connectivity index (χ1) is 11.7. The van der Waals surface area contributed by atoms with E-state index in [-0.39, 0.29) is 12.4 Å². The van der Waals surface area contributed by atoms with Crippen molar-refractivity contribution < 1.29 is 9.52 Å². The fraction of sp³-hybridized carbons (Fsp3) is 0.647. The second-order valence-electron chi connectivity index (χ2n) is 6.48. The summed E-state index contributed by atoms with van der Waals surface area (Å²) in [5.41, 5.74) is 1.17. The maximum atomic E-state index is 12.0. The summed E-state index contributed by atoms with van der Waals surface area (Å²) in [7, 11) is 2.14. The van der Waals surface area contributed by atoms with Crippen LogP contribution in [0.5, 0.6) is 0 Å². The molecular weight excluding hydrogens is 308 g/mol. The summed E-state index contributed by atoms with van der Waals surface area (Å²) in [4.78, 5) is 21.0. The fourth-order valence-electron chi connectivity index (χ4n) is 3.43. The summed E-state index contributed by atoms with van der Waals surface area (Å²) in [6.45, 7) is 4.71. The van der Waals surface area contributed by atoms with Crippen molar-refractivity contribution in [3.05, 3.63) is 28.9 Å². The normalized spacial score (nSPS) is 17.1. The van der Waals surface area contributed by atoms with Crippen LogP contribution in [-0.4, -0.2) is 70.3 Å². The SMILES string of the molecule is CN(CCCO)C1CCN(CCn2c(=O)oc3cccnc32)CC1. The Kier molecular flexibility index (Phi) is 5.65. The summed E-state index contributed by atoms with van der Waals surface area (Å²) >= 11 is 0. The predicted molar refractivity (Wildman–Crippen MR) is 92.1 cm³/mol. The van der Waals surface area contributed by atoms with Crippen molar-refractivity contribution in [3.63, 3.8) is 0 Å². The lowest BCUT2D eigenvalue weighted by atomic mass is 10.0. The van der Waals surface area contributed by atoms with E-state index in [1.54, 1.807) is 22.9 Å². The van der Waals surface area contributed by atoms with Crippen molar-refractivity contribution in [2.45, 2.75) is 31.8 Å². The molecule has 7 nitrogen and oxygen atoms in total. The van der Waals surface area contributed by atoms with E-state index in [0.717, 1.165) is 45.4 Å². The van der Waals surface area contributed by atoms with Crippen LogP contribution >= 0.6 is 0 Å². The van der Waals surface area contributed by atoms with Gasteiger partial charge in [-0.3, -0.25) is 4.57 Å². The van der Waals surface area contributed by atoms with Crippen LogP contribution in [0.2, 0.25) is 0 Å². The molecule has 7 heteroatoms. The van der Waals surface area contributed by atoms with Crippen LogP contribution in [-0.2, 0) is 6.54 Å². The average molecular weight is 334 g/mol. The maximum Gasteiger partial charge on any atom is 0.421 e. The summed E-state index contributed by atoms with van der Waals surface area (Å²) in [6, 6.07) is 4.13. The Morgan fingerprint density at radius 1 is 1.38 bits per heavy atom. The van der Waals surface area contributed by atoms with E-state index in [4.69, 9.17) is 9.52 Å². The molecule has 132 valence electrons. The topological polar surface area (TPSA) is 74.7 Å². The summed E-state index contributed by atoms with van der Waals surface area (Å²) in [6.07, 6.45) is 4.77. The minimum atomic E-state index is -0.331. The standard InChI is InChI=1S/C17H26N4O3/c1-19(8-3-13-22)14-5-9-20(10-6-14)11-12-21-16-15(24-17(21)23)4-2-7-18-16/h2,4,7,14,22H,3,5-6,8-13H2,1H3. The molecule has 2 aromatic heterocycles. The first-order valence-electron chi connectivity index (χ1n) is 8.67. The quantitative estimate of drug-likeness (QED) is 0.806. The number of aliphatic hydroxyl groups excluding tert-OH is 1. The zero-order valence-corrected chi connectivity index (χ0v) is 14.2. The Labute approximate surface area is 141 Å². The van der Waals surface area contributed by atoms with Crippen molar-refractivity contribution in [1.29, 1.82) is 0 Å². The molecule has 0 atom stereocenters. The molecule has 3 rings (SSSR count). The lowest BCUT2D eigenvalue weighted by Crippen LogP contribution is -2.44. The van der Waals surface area contributed by atoms with Crippen LogP contribution in [0.1, 0.15) is 19.3 Å². The number of aliphatic hydroxyl groups is 1. The lowest BCUT2D eigenvalue weighted by Gasteiger charge is -2.36. The van der Waals surface area contributed by atoms with Crippen LogP contribution in [0.15, 0.2) is 27.5 Å². The van der Waals surface area contributed by atoms with Gasteiger partial charge in [0, 0.05) is 38.5 Å². The van der Waals surface area contributed by atoms with Crippen LogP contribution in [0.25, 0.3) is 11.2 Å². The van der Waals surface area contributed by atoms with Gasteiger partial charge in [-0.1, -0.05) is 0 Å². The number of hydrogen-bond acceptors (Lipinski definition) is 6. The molecule has 24 heavy (non-hydrogen) atoms. The molecule has 2 aromatic rings. The van der Waals surface area contributed by atoms with Crippen molar-refractivity contribution >= 4 is 11.2 Å². The van der Waals surface area contributed by atoms with Gasteiger partial charge in [0.25, 0.3) is 0 Å². The third-order valence-corrected chi connectivity index (χ3v) is 4.91. The molecule has 0 unspecified atom stereocenters. The van der Waals surface area contributed by atoms with Crippen LogP contribution in [0, 0.1) is 0 Å². The molecule has 1 saturated heterocycles. The molecule has 1 aliphatic heterocycles. The zero-order chi connectivity index (χ0) is 16.9. The minimum Gasteiger partial charge on any atom is -0.406 e. The third kappa shape index (κ3) is 3.85. The van der Waals surface area contributed by atoms with Crippen LogP contribution < -0.4 is 5.76 Å². The summed E-state index contributed by atoms with van der Waals surface area (Å²) < 4.78 is 6.84. The molecule has 0 bridgehead atoms. The highest BCUT2D eigenvalue weighted by Gasteiger charge is 2.22. The van der Waals surface area contributed by atoms with Crippen LogP contribution in [0.4, 0.5) is 0 Å². The van der Waals surface area contributed by atoms with E-state index < -0.39 is 0 Å². The van der Waals surface area contributed by atoms with Gasteiger partial charge in [0.2, 0.25) is 0 Å². The van der Waals surface area contributed by atoms with E-state index in [0.29, 0.717) is 23.8 Å². The molecule has 0 spiro atoms. The summed E-state index contributed by atoms with van der Waals surface area (Å²) in [5.74, 6) is -0.331. The third-order valence-electron chi connectivity index (χ3n) is 4.91. The molecule has 0 radical (unpaired) electrons. The molecule has 0 saturated carbocycles. The number of nitrogens with zero attached hydrogens (tertiary/aromatic N) is 4. The number of fused-ring (bicyclic) bond motifs is 1. The molecule has 1 fully saturated rings. The second kappa shape index (κ2) is 7.92. The van der Waals surface area contributed by atoms with E-state index in [9.17, 15) is 4.79 Å². The van der Waals surface area contributed by atoms with E-state index in [1.165, 1.54) is 0 Å². The first-order valence-corrected chi connectivity index (χ1v) is 8.67. The fourth-order valence-corrected chi connectivity index (χ4v) is 3.43.